The Morgan fingerprint density at radius 3 is 2.90 bits per heavy atom. The number of rotatable bonds is 4. The molecule has 1 saturated carbocycles. The van der Waals surface area contributed by atoms with Gasteiger partial charge < -0.3 is 9.72 Å². The van der Waals surface area contributed by atoms with Crippen molar-refractivity contribution in [2.45, 2.75) is 19.8 Å². The third-order valence-corrected chi connectivity index (χ3v) is 3.75. The Labute approximate surface area is 116 Å². The van der Waals surface area contributed by atoms with Crippen LogP contribution < -0.4 is 0 Å². The first-order valence-corrected chi connectivity index (χ1v) is 6.76. The number of carbonyl (C=O) groups is 2. The second-order valence-electron chi connectivity index (χ2n) is 4.91. The molecule has 1 amide bonds. The summed E-state index contributed by atoms with van der Waals surface area (Å²) in [6.45, 7) is 1.89. The predicted octanol–water partition coefficient (Wildman–Crippen LogP) is 0.545. The molecular formula is C13H16N4O3. The summed E-state index contributed by atoms with van der Waals surface area (Å²) in [6.07, 6.45) is 5.14. The summed E-state index contributed by atoms with van der Waals surface area (Å²) in [5.74, 6) is 0.168. The highest BCUT2D eigenvalue weighted by Crippen LogP contribution is 2.40. The number of aromatic amines is 1. The highest BCUT2D eigenvalue weighted by Gasteiger charge is 2.46. The molecule has 3 rings (SSSR count). The Balaban J connectivity index is 1.85. The zero-order valence-corrected chi connectivity index (χ0v) is 11.2. The molecule has 1 aliphatic heterocycles. The Bertz CT molecular complexity index is 552. The molecule has 1 N–H and O–H groups in total. The molecule has 2 heterocycles. The highest BCUT2D eigenvalue weighted by atomic mass is 16.5. The summed E-state index contributed by atoms with van der Waals surface area (Å²) in [5.41, 5.74) is 0.759. The number of imidazole rings is 1. The normalized spacial score (nSPS) is 24.8. The van der Waals surface area contributed by atoms with Crippen LogP contribution in [0.4, 0.5) is 0 Å². The topological polar surface area (TPSA) is 87.7 Å². The van der Waals surface area contributed by atoms with E-state index in [0.717, 1.165) is 18.6 Å². The van der Waals surface area contributed by atoms with Gasteiger partial charge in [-0.1, -0.05) is 0 Å². The molecule has 0 saturated heterocycles. The molecule has 7 nitrogen and oxygen atoms in total. The van der Waals surface area contributed by atoms with Crippen molar-refractivity contribution < 1.29 is 14.3 Å². The summed E-state index contributed by atoms with van der Waals surface area (Å²) < 4.78 is 4.87. The molecule has 0 radical (unpaired) electrons. The maximum atomic E-state index is 12.2. The predicted molar refractivity (Wildman–Crippen MR) is 69.7 cm³/mol. The number of esters is 1. The summed E-state index contributed by atoms with van der Waals surface area (Å²) in [4.78, 5) is 31.0. The van der Waals surface area contributed by atoms with E-state index >= 15 is 0 Å². The number of fused-ring (bicyclic) bond motifs is 1. The number of amides is 1. The molecule has 1 fully saturated rings. The summed E-state index contributed by atoms with van der Waals surface area (Å²) in [6, 6.07) is 0. The van der Waals surface area contributed by atoms with Gasteiger partial charge in [-0.3, -0.25) is 9.59 Å². The second kappa shape index (κ2) is 5.07. The minimum Gasteiger partial charge on any atom is -0.465 e. The van der Waals surface area contributed by atoms with Gasteiger partial charge in [0.15, 0.2) is 5.82 Å². The smallest absolute Gasteiger partial charge is 0.327 e. The van der Waals surface area contributed by atoms with Crippen LogP contribution in [0.5, 0.6) is 0 Å². The fourth-order valence-electron chi connectivity index (χ4n) is 2.64. The van der Waals surface area contributed by atoms with Crippen LogP contribution in [0.3, 0.4) is 0 Å². The van der Waals surface area contributed by atoms with Gasteiger partial charge in [0.1, 0.15) is 12.3 Å². The molecule has 106 valence electrons. The monoisotopic (exact) mass is 276 g/mol. The number of carbonyl (C=O) groups excluding carboxylic acids is 2. The van der Waals surface area contributed by atoms with Crippen LogP contribution in [0.1, 0.15) is 25.6 Å². The molecule has 7 heteroatoms. The first-order chi connectivity index (χ1) is 9.70. The lowest BCUT2D eigenvalue weighted by atomic mass is 9.69. The number of nitrogens with one attached hydrogen (secondary N) is 1. The lowest BCUT2D eigenvalue weighted by Crippen LogP contribution is -2.51. The van der Waals surface area contributed by atoms with E-state index in [1.54, 1.807) is 19.3 Å². The van der Waals surface area contributed by atoms with E-state index in [1.807, 2.05) is 0 Å². The molecule has 20 heavy (non-hydrogen) atoms. The molecule has 1 aromatic heterocycles. The number of hydrogen-bond acceptors (Lipinski definition) is 5. The largest absolute Gasteiger partial charge is 0.465 e. The first-order valence-electron chi connectivity index (χ1n) is 6.76. The fourth-order valence-corrected chi connectivity index (χ4v) is 2.64. The fraction of sp³-hybridized carbons (Fsp3) is 0.538. The number of aromatic nitrogens is 2. The number of H-pyrrole nitrogens is 1. The molecule has 0 bridgehead atoms. The molecule has 1 aromatic rings. The van der Waals surface area contributed by atoms with Crippen LogP contribution in [-0.4, -0.2) is 45.7 Å². The average molecular weight is 276 g/mol. The van der Waals surface area contributed by atoms with Crippen molar-refractivity contribution in [2.24, 2.45) is 16.9 Å². The van der Waals surface area contributed by atoms with Crippen LogP contribution in [0.15, 0.2) is 17.5 Å². The molecule has 2 atom stereocenters. The zero-order valence-electron chi connectivity index (χ0n) is 11.2. The highest BCUT2D eigenvalue weighted by molar-refractivity contribution is 6.05. The van der Waals surface area contributed by atoms with E-state index in [1.165, 1.54) is 5.01 Å². The van der Waals surface area contributed by atoms with Crippen molar-refractivity contribution in [2.75, 3.05) is 13.2 Å². The Hall–Kier alpha value is -2.18. The van der Waals surface area contributed by atoms with Gasteiger partial charge in [0.2, 0.25) is 5.91 Å². The van der Waals surface area contributed by atoms with Crippen molar-refractivity contribution in [3.8, 4) is 0 Å². The first kappa shape index (κ1) is 12.8. The third-order valence-electron chi connectivity index (χ3n) is 3.75. The van der Waals surface area contributed by atoms with E-state index in [9.17, 15) is 9.59 Å². The van der Waals surface area contributed by atoms with Gasteiger partial charge >= 0.3 is 5.97 Å². The minimum atomic E-state index is -0.443. The molecular weight excluding hydrogens is 260 g/mol. The quantitative estimate of drug-likeness (QED) is 0.813. The summed E-state index contributed by atoms with van der Waals surface area (Å²) in [5, 5.41) is 5.53. The molecule has 2 unspecified atom stereocenters. The standard InChI is InChI=1S/C13H16N4O3/c1-2-20-10(18)7-17-13(19)9-4-3-8(9)11(16-17)12-14-5-6-15-12/h5-6,8-9H,2-4,7H2,1H3,(H,14,15). The van der Waals surface area contributed by atoms with Gasteiger partial charge in [-0.15, -0.1) is 0 Å². The molecule has 2 aliphatic rings. The van der Waals surface area contributed by atoms with Crippen molar-refractivity contribution in [1.29, 1.82) is 0 Å². The van der Waals surface area contributed by atoms with E-state index < -0.39 is 5.97 Å². The molecule has 0 aromatic carbocycles. The molecule has 0 spiro atoms. The van der Waals surface area contributed by atoms with Gasteiger partial charge in [-0.25, -0.2) is 9.99 Å². The lowest BCUT2D eigenvalue weighted by molar-refractivity contribution is -0.152. The Kier molecular flexibility index (Phi) is 3.25. The van der Waals surface area contributed by atoms with Crippen molar-refractivity contribution in [3.05, 3.63) is 18.2 Å². The van der Waals surface area contributed by atoms with E-state index in [-0.39, 0.29) is 24.3 Å². The van der Waals surface area contributed by atoms with Crippen molar-refractivity contribution in [3.63, 3.8) is 0 Å². The Morgan fingerprint density at radius 2 is 2.30 bits per heavy atom. The number of hydrazone groups is 1. The summed E-state index contributed by atoms with van der Waals surface area (Å²) in [7, 11) is 0. The van der Waals surface area contributed by atoms with Crippen molar-refractivity contribution >= 4 is 17.6 Å². The van der Waals surface area contributed by atoms with Gasteiger partial charge in [-0.2, -0.15) is 5.10 Å². The van der Waals surface area contributed by atoms with Crippen LogP contribution in [0.25, 0.3) is 0 Å². The number of ether oxygens (including phenoxy) is 1. The van der Waals surface area contributed by atoms with Crippen LogP contribution >= 0.6 is 0 Å². The van der Waals surface area contributed by atoms with E-state index in [4.69, 9.17) is 4.74 Å². The third kappa shape index (κ3) is 2.09. The van der Waals surface area contributed by atoms with E-state index in [2.05, 4.69) is 15.1 Å². The van der Waals surface area contributed by atoms with Crippen LogP contribution in [0, 0.1) is 11.8 Å². The van der Waals surface area contributed by atoms with Crippen molar-refractivity contribution in [1.82, 2.24) is 15.0 Å². The maximum absolute atomic E-state index is 12.2. The zero-order chi connectivity index (χ0) is 14.1. The molecule has 1 aliphatic carbocycles. The summed E-state index contributed by atoms with van der Waals surface area (Å²) >= 11 is 0. The van der Waals surface area contributed by atoms with Crippen LogP contribution in [0.2, 0.25) is 0 Å². The van der Waals surface area contributed by atoms with Gasteiger partial charge in [0.05, 0.1) is 6.61 Å². The number of nitrogens with zero attached hydrogens (tertiary/aromatic N) is 3. The van der Waals surface area contributed by atoms with Gasteiger partial charge in [0.25, 0.3) is 0 Å². The van der Waals surface area contributed by atoms with Gasteiger partial charge in [-0.05, 0) is 19.8 Å². The maximum Gasteiger partial charge on any atom is 0.327 e. The lowest BCUT2D eigenvalue weighted by Gasteiger charge is -2.41. The second-order valence-corrected chi connectivity index (χ2v) is 4.91. The minimum absolute atomic E-state index is 0.0815. The SMILES string of the molecule is CCOC(=O)CN1N=C(c2ncc[nH]2)C2CCC2C1=O. The Morgan fingerprint density at radius 1 is 1.50 bits per heavy atom. The van der Waals surface area contributed by atoms with E-state index in [0.29, 0.717) is 12.4 Å². The number of hydrogen-bond donors (Lipinski definition) is 1. The van der Waals surface area contributed by atoms with Crippen LogP contribution in [-0.2, 0) is 14.3 Å². The average Bonchev–Trinajstić information content (AvgIpc) is 2.88. The van der Waals surface area contributed by atoms with Gasteiger partial charge in [0, 0.05) is 24.2 Å².